The first-order valence-electron chi connectivity index (χ1n) is 11.2. The molecule has 0 radical (unpaired) electrons. The van der Waals surface area contributed by atoms with Crippen LogP contribution in [0.1, 0.15) is 36.1 Å². The molecule has 1 saturated heterocycles. The highest BCUT2D eigenvalue weighted by molar-refractivity contribution is 5.58. The number of benzene rings is 1. The second kappa shape index (κ2) is 9.02. The van der Waals surface area contributed by atoms with Crippen LogP contribution in [0.2, 0.25) is 0 Å². The molecule has 4 heterocycles. The summed E-state index contributed by atoms with van der Waals surface area (Å²) in [5.74, 6) is 2.77. The molecule has 0 unspecified atom stereocenters. The van der Waals surface area contributed by atoms with Gasteiger partial charge in [-0.2, -0.15) is 0 Å². The van der Waals surface area contributed by atoms with E-state index in [1.165, 1.54) is 36.1 Å². The lowest BCUT2D eigenvalue weighted by Crippen LogP contribution is -2.36. The first kappa shape index (κ1) is 19.9. The first-order chi connectivity index (χ1) is 15.3. The number of piperidine rings is 1. The third-order valence-electron chi connectivity index (χ3n) is 6.21. The van der Waals surface area contributed by atoms with Crippen LogP contribution in [-0.4, -0.2) is 46.6 Å². The zero-order valence-electron chi connectivity index (χ0n) is 18.1. The quantitative estimate of drug-likeness (QED) is 0.625. The van der Waals surface area contributed by atoms with E-state index in [0.717, 1.165) is 62.2 Å². The van der Waals surface area contributed by atoms with Crippen LogP contribution in [0.25, 0.3) is 11.5 Å². The number of ether oxygens (including phenoxy) is 1. The molecule has 0 bridgehead atoms. The predicted octanol–water partition coefficient (Wildman–Crippen LogP) is 4.10. The zero-order chi connectivity index (χ0) is 21.0. The Morgan fingerprint density at radius 1 is 0.968 bits per heavy atom. The Bertz CT molecular complexity index is 1030. The van der Waals surface area contributed by atoms with Gasteiger partial charge in [-0.3, -0.25) is 9.88 Å². The summed E-state index contributed by atoms with van der Waals surface area (Å²) in [6.07, 6.45) is 6.51. The van der Waals surface area contributed by atoms with Crippen LogP contribution in [0, 0.1) is 0 Å². The standard InChI is InChI=1S/C25H29N5O/c1-31-20-9-7-8-19(16-20)17-29-15-11-22-21(18-29)25(30-13-5-2-6-14-30)28-24(27-22)23-10-3-4-12-26-23/h3-4,7-10,12,16H,2,5-6,11,13-15,17-18H2,1H3. The third kappa shape index (κ3) is 4.39. The Morgan fingerprint density at radius 3 is 2.68 bits per heavy atom. The Kier molecular flexibility index (Phi) is 5.80. The summed E-state index contributed by atoms with van der Waals surface area (Å²) in [4.78, 5) is 19.5. The van der Waals surface area contributed by atoms with E-state index in [0.29, 0.717) is 0 Å². The van der Waals surface area contributed by atoms with Crippen molar-refractivity contribution in [2.75, 3.05) is 31.6 Å². The summed E-state index contributed by atoms with van der Waals surface area (Å²) < 4.78 is 5.40. The lowest BCUT2D eigenvalue weighted by molar-refractivity contribution is 0.242. The SMILES string of the molecule is COc1cccc(CN2CCc3nc(-c4ccccn4)nc(N4CCCCC4)c3C2)c1. The number of hydrogen-bond donors (Lipinski definition) is 0. The summed E-state index contributed by atoms with van der Waals surface area (Å²) >= 11 is 0. The van der Waals surface area contributed by atoms with E-state index in [1.807, 2.05) is 30.5 Å². The van der Waals surface area contributed by atoms with Crippen LogP contribution in [0.3, 0.4) is 0 Å². The molecular formula is C25H29N5O. The van der Waals surface area contributed by atoms with E-state index in [1.54, 1.807) is 7.11 Å². The van der Waals surface area contributed by atoms with Gasteiger partial charge in [-0.25, -0.2) is 9.97 Å². The van der Waals surface area contributed by atoms with Crippen molar-refractivity contribution in [2.45, 2.75) is 38.8 Å². The Labute approximate surface area is 183 Å². The summed E-state index contributed by atoms with van der Waals surface area (Å²) in [5.41, 5.74) is 4.59. The normalized spacial score (nSPS) is 16.7. The van der Waals surface area contributed by atoms with Gasteiger partial charge >= 0.3 is 0 Å². The van der Waals surface area contributed by atoms with Crippen molar-refractivity contribution in [3.8, 4) is 17.3 Å². The molecular weight excluding hydrogens is 386 g/mol. The third-order valence-corrected chi connectivity index (χ3v) is 6.21. The molecule has 0 aliphatic carbocycles. The number of methoxy groups -OCH3 is 1. The molecule has 6 nitrogen and oxygen atoms in total. The van der Waals surface area contributed by atoms with Gasteiger partial charge in [0.15, 0.2) is 5.82 Å². The minimum atomic E-state index is 0.751. The van der Waals surface area contributed by atoms with E-state index in [9.17, 15) is 0 Å². The maximum atomic E-state index is 5.40. The van der Waals surface area contributed by atoms with Crippen molar-refractivity contribution in [2.24, 2.45) is 0 Å². The van der Waals surface area contributed by atoms with E-state index >= 15 is 0 Å². The molecule has 2 aliphatic heterocycles. The fourth-order valence-corrected chi connectivity index (χ4v) is 4.59. The molecule has 3 aromatic rings. The van der Waals surface area contributed by atoms with Crippen LogP contribution in [-0.2, 0) is 19.5 Å². The summed E-state index contributed by atoms with van der Waals surface area (Å²) in [6.45, 7) is 4.91. The topological polar surface area (TPSA) is 54.4 Å². The minimum absolute atomic E-state index is 0.751. The van der Waals surface area contributed by atoms with Gasteiger partial charge in [-0.15, -0.1) is 0 Å². The lowest BCUT2D eigenvalue weighted by atomic mass is 10.0. The highest BCUT2D eigenvalue weighted by atomic mass is 16.5. The molecule has 0 spiro atoms. The monoisotopic (exact) mass is 415 g/mol. The number of fused-ring (bicyclic) bond motifs is 1. The molecule has 0 atom stereocenters. The van der Waals surface area contributed by atoms with Crippen LogP contribution in [0.4, 0.5) is 5.82 Å². The van der Waals surface area contributed by atoms with Crippen molar-refractivity contribution in [3.63, 3.8) is 0 Å². The smallest absolute Gasteiger partial charge is 0.180 e. The van der Waals surface area contributed by atoms with Crippen LogP contribution < -0.4 is 9.64 Å². The molecule has 0 N–H and O–H groups in total. The van der Waals surface area contributed by atoms with E-state index in [2.05, 4.69) is 33.0 Å². The summed E-state index contributed by atoms with van der Waals surface area (Å²) in [6, 6.07) is 14.3. The first-order valence-corrected chi connectivity index (χ1v) is 11.2. The average Bonchev–Trinajstić information content (AvgIpc) is 2.84. The van der Waals surface area contributed by atoms with E-state index < -0.39 is 0 Å². The van der Waals surface area contributed by atoms with Crippen LogP contribution in [0.15, 0.2) is 48.7 Å². The fourth-order valence-electron chi connectivity index (χ4n) is 4.59. The summed E-state index contributed by atoms with van der Waals surface area (Å²) in [7, 11) is 1.72. The molecule has 2 aliphatic rings. The molecule has 0 saturated carbocycles. The van der Waals surface area contributed by atoms with Gasteiger partial charge in [-0.05, 0) is 49.1 Å². The lowest BCUT2D eigenvalue weighted by Gasteiger charge is -2.34. The Hall–Kier alpha value is -2.99. The zero-order valence-corrected chi connectivity index (χ0v) is 18.1. The Morgan fingerprint density at radius 2 is 1.87 bits per heavy atom. The number of pyridine rings is 1. The number of anilines is 1. The van der Waals surface area contributed by atoms with Gasteiger partial charge in [0.1, 0.15) is 17.3 Å². The Balaban J connectivity index is 1.46. The highest BCUT2D eigenvalue weighted by Gasteiger charge is 2.26. The molecule has 1 aromatic carbocycles. The van der Waals surface area contributed by atoms with E-state index in [-0.39, 0.29) is 0 Å². The fraction of sp³-hybridized carbons (Fsp3) is 0.400. The second-order valence-electron chi connectivity index (χ2n) is 8.37. The summed E-state index contributed by atoms with van der Waals surface area (Å²) in [5, 5.41) is 0. The van der Waals surface area contributed by atoms with Crippen molar-refractivity contribution in [3.05, 3.63) is 65.5 Å². The second-order valence-corrected chi connectivity index (χ2v) is 8.37. The van der Waals surface area contributed by atoms with Crippen molar-refractivity contribution >= 4 is 5.82 Å². The molecule has 2 aromatic heterocycles. The molecule has 31 heavy (non-hydrogen) atoms. The number of hydrogen-bond acceptors (Lipinski definition) is 6. The molecule has 0 amide bonds. The highest BCUT2D eigenvalue weighted by Crippen LogP contribution is 2.31. The molecule has 160 valence electrons. The number of nitrogens with zero attached hydrogens (tertiary/aromatic N) is 5. The van der Waals surface area contributed by atoms with Gasteiger partial charge in [0.2, 0.25) is 0 Å². The van der Waals surface area contributed by atoms with Gasteiger partial charge in [0, 0.05) is 50.9 Å². The van der Waals surface area contributed by atoms with Crippen LogP contribution in [0.5, 0.6) is 5.75 Å². The molecule has 6 heteroatoms. The average molecular weight is 416 g/mol. The maximum Gasteiger partial charge on any atom is 0.180 e. The largest absolute Gasteiger partial charge is 0.497 e. The van der Waals surface area contributed by atoms with Crippen molar-refractivity contribution < 1.29 is 4.74 Å². The van der Waals surface area contributed by atoms with Gasteiger partial charge in [-0.1, -0.05) is 18.2 Å². The number of aromatic nitrogens is 3. The molecule has 5 rings (SSSR count). The van der Waals surface area contributed by atoms with Gasteiger partial charge in [0.05, 0.1) is 12.8 Å². The van der Waals surface area contributed by atoms with Crippen molar-refractivity contribution in [1.82, 2.24) is 19.9 Å². The minimum Gasteiger partial charge on any atom is -0.497 e. The van der Waals surface area contributed by atoms with E-state index in [4.69, 9.17) is 14.7 Å². The van der Waals surface area contributed by atoms with Crippen LogP contribution >= 0.6 is 0 Å². The van der Waals surface area contributed by atoms with Gasteiger partial charge < -0.3 is 9.64 Å². The number of rotatable bonds is 5. The maximum absolute atomic E-state index is 5.40. The molecule has 1 fully saturated rings. The van der Waals surface area contributed by atoms with Crippen molar-refractivity contribution in [1.29, 1.82) is 0 Å². The predicted molar refractivity (Wildman–Crippen MR) is 122 cm³/mol. The van der Waals surface area contributed by atoms with Gasteiger partial charge in [0.25, 0.3) is 0 Å².